The second-order valence-electron chi connectivity index (χ2n) is 28.2. The zero-order valence-corrected chi connectivity index (χ0v) is 60.3. The lowest BCUT2D eigenvalue weighted by molar-refractivity contribution is -0.0698. The smallest absolute Gasteiger partial charge is 0.120 e. The van der Waals surface area contributed by atoms with Crippen LogP contribution in [0.3, 0.4) is 0 Å². The summed E-state index contributed by atoms with van der Waals surface area (Å²) in [5, 5.41) is 7.78. The van der Waals surface area contributed by atoms with Crippen LogP contribution in [-0.2, 0) is 57.2 Å². The van der Waals surface area contributed by atoms with Gasteiger partial charge in [0.05, 0.1) is 104 Å². The highest BCUT2D eigenvalue weighted by molar-refractivity contribution is 9.10. The number of rotatable bonds is 21. The number of hydrogen-bond donors (Lipinski definition) is 0. The average Bonchev–Trinajstić information content (AvgIpc) is 1.80. The van der Waals surface area contributed by atoms with Gasteiger partial charge < -0.3 is 42.6 Å². The van der Waals surface area contributed by atoms with Gasteiger partial charge >= 0.3 is 0 Å². The summed E-state index contributed by atoms with van der Waals surface area (Å²) in [6.45, 7) is 19.2. The van der Waals surface area contributed by atoms with E-state index in [9.17, 15) is 0 Å². The van der Waals surface area contributed by atoms with Gasteiger partial charge in [0, 0.05) is 81.0 Å². The Morgan fingerprint density at radius 3 is 1.16 bits per heavy atom. The van der Waals surface area contributed by atoms with Crippen molar-refractivity contribution in [1.82, 2.24) is 19.6 Å². The topological polar surface area (TPSA) is 96.0 Å². The van der Waals surface area contributed by atoms with Crippen LogP contribution in [0.15, 0.2) is 156 Å². The quantitative estimate of drug-likeness (QED) is 0.0640. The van der Waals surface area contributed by atoms with Gasteiger partial charge in [-0.05, 0) is 144 Å². The number of fused-ring (bicyclic) bond motifs is 3. The summed E-state index contributed by atoms with van der Waals surface area (Å²) >= 11 is 3.48. The number of benzene rings is 7. The van der Waals surface area contributed by atoms with E-state index in [1.807, 2.05) is 6.07 Å². The molecule has 4 aliphatic heterocycles. The number of hydrogen-bond acceptors (Lipinski definition) is 13. The molecule has 8 aliphatic rings. The van der Waals surface area contributed by atoms with Crippen molar-refractivity contribution in [3.05, 3.63) is 173 Å². The molecule has 13 nitrogen and oxygen atoms in total. The molecule has 0 aromatic heterocycles. The van der Waals surface area contributed by atoms with Crippen LogP contribution in [0.2, 0.25) is 0 Å². The van der Waals surface area contributed by atoms with Gasteiger partial charge in [-0.25, -0.2) is 0 Å². The molecule has 4 saturated heterocycles. The van der Waals surface area contributed by atoms with Crippen LogP contribution in [0.5, 0.6) is 5.75 Å². The molecule has 7 aromatic carbocycles. The van der Waals surface area contributed by atoms with E-state index in [1.54, 1.807) is 0 Å². The maximum Gasteiger partial charge on any atom is 0.120 e. The van der Waals surface area contributed by atoms with Crippen LogP contribution in [-0.4, -0.2) is 206 Å². The van der Waals surface area contributed by atoms with Crippen LogP contribution < -0.4 is 4.74 Å². The Bertz CT molecular complexity index is 3380. The zero-order chi connectivity index (χ0) is 66.6. The molecule has 0 N–H and O–H groups in total. The summed E-state index contributed by atoms with van der Waals surface area (Å²) in [5.41, 5.74) is 4.12. The van der Waals surface area contributed by atoms with E-state index >= 15 is 0 Å². The van der Waals surface area contributed by atoms with Crippen molar-refractivity contribution in [3.8, 4) is 5.75 Å². The van der Waals surface area contributed by atoms with Crippen LogP contribution >= 0.6 is 15.9 Å². The Kier molecular flexibility index (Phi) is 29.8. The Morgan fingerprint density at radius 2 is 0.684 bits per heavy atom. The first-order chi connectivity index (χ1) is 48.5. The maximum absolute atomic E-state index is 6.42. The van der Waals surface area contributed by atoms with Gasteiger partial charge in [-0.3, -0.25) is 19.6 Å². The van der Waals surface area contributed by atoms with E-state index in [2.05, 4.69) is 181 Å². The van der Waals surface area contributed by atoms with Crippen LogP contribution in [0.1, 0.15) is 119 Å². The highest BCUT2D eigenvalue weighted by Gasteiger charge is 2.35. The highest BCUT2D eigenvalue weighted by atomic mass is 79.9. The monoisotopic (exact) mass is 1400 g/mol. The maximum atomic E-state index is 6.42. The molecule has 15 rings (SSSR count). The molecule has 0 radical (unpaired) electrons. The lowest BCUT2D eigenvalue weighted by atomic mass is 9.91. The third-order valence-electron chi connectivity index (χ3n) is 21.9. The van der Waals surface area contributed by atoms with Crippen LogP contribution in [0.25, 0.3) is 32.3 Å². The first kappa shape index (κ1) is 72.9. The van der Waals surface area contributed by atoms with Crippen LogP contribution in [0.4, 0.5) is 0 Å². The second kappa shape index (κ2) is 40.1. The van der Waals surface area contributed by atoms with E-state index in [1.165, 1.54) is 145 Å². The molecular formula is C84H113BrN4O9. The van der Waals surface area contributed by atoms with Gasteiger partial charge in [0.15, 0.2) is 0 Å². The number of halogens is 1. The minimum Gasteiger partial charge on any atom is -0.491 e. The largest absolute Gasteiger partial charge is 0.491 e. The van der Waals surface area contributed by atoms with E-state index < -0.39 is 0 Å². The Morgan fingerprint density at radius 1 is 0.316 bits per heavy atom. The Balaban J connectivity index is 0.000000125. The van der Waals surface area contributed by atoms with Crippen molar-refractivity contribution in [2.45, 2.75) is 171 Å². The van der Waals surface area contributed by atoms with Crippen molar-refractivity contribution in [2.24, 2.45) is 0 Å². The minimum atomic E-state index is 0.335. The van der Waals surface area contributed by atoms with E-state index in [0.717, 1.165) is 161 Å². The molecule has 4 heterocycles. The van der Waals surface area contributed by atoms with Gasteiger partial charge in [0.2, 0.25) is 0 Å². The van der Waals surface area contributed by atoms with Crippen molar-refractivity contribution in [3.63, 3.8) is 0 Å². The fourth-order valence-electron chi connectivity index (χ4n) is 16.5. The van der Waals surface area contributed by atoms with E-state index in [-0.39, 0.29) is 0 Å². The third kappa shape index (κ3) is 22.1. The summed E-state index contributed by atoms with van der Waals surface area (Å²) in [6.07, 6.45) is 24.9. The van der Waals surface area contributed by atoms with Gasteiger partial charge in [-0.15, -0.1) is 0 Å². The molecule has 4 unspecified atom stereocenters. The second-order valence-corrected chi connectivity index (χ2v) is 29.1. The number of morpholine rings is 4. The molecule has 0 spiro atoms. The first-order valence-electron chi connectivity index (χ1n) is 38.1. The fraction of sp³-hybridized carbons (Fsp3) is 0.571. The molecule has 4 aliphatic carbocycles. The molecule has 14 heteroatoms. The van der Waals surface area contributed by atoms with E-state index in [0.29, 0.717) is 61.8 Å². The molecule has 8 fully saturated rings. The van der Waals surface area contributed by atoms with Crippen molar-refractivity contribution in [2.75, 3.05) is 138 Å². The molecule has 98 heavy (non-hydrogen) atoms. The lowest BCUT2D eigenvalue weighted by Crippen LogP contribution is -2.51. The molecule has 530 valence electrons. The van der Waals surface area contributed by atoms with Gasteiger partial charge in [-0.2, -0.15) is 0 Å². The molecule has 0 amide bonds. The fourth-order valence-corrected chi connectivity index (χ4v) is 16.8. The molecule has 8 atom stereocenters. The standard InChI is InChI=1S/C22H29NO3.2C22H29NO2.C18H26BrNO2/c1-2-6-19-17-20(10-9-18(19)5-1)25-15-16-26-22-8-4-3-7-21(22)23-11-13-24-14-12-23;1-2-9-20-18(6-1)7-5-8-19(20)12-15-25-22-11-4-3-10-21(22)23-13-16-24-17-14-23;1-2-6-20-17-18(9-10-19(20)5-1)11-14-25-22-8-4-3-7-21(22)23-12-15-24-16-13-23;19-16-7-5-15(6-8-16)9-12-22-18-4-2-1-3-17(18)20-10-13-21-14-11-20/h1-2,5-6,9-10,17,21-22H,3-4,7-8,11-16H2;1-2,5-9,21-22H,3-4,10-17H2;1-2,5-6,9-10,17,21-22H,3-4,7-8,11-16H2;5-8,17-18H,1-4,9-14H2/t3*21?,22-;17?,18-/m0000/s1. The predicted molar refractivity (Wildman–Crippen MR) is 400 cm³/mol. The molecular weight excluding hydrogens is 1290 g/mol. The molecule has 7 aromatic rings. The Labute approximate surface area is 594 Å². The highest BCUT2D eigenvalue weighted by Crippen LogP contribution is 2.32. The number of nitrogens with zero attached hydrogens (tertiary/aromatic N) is 4. The van der Waals surface area contributed by atoms with Gasteiger partial charge in [0.1, 0.15) is 12.4 Å². The zero-order valence-electron chi connectivity index (χ0n) is 58.7. The Hall–Kier alpha value is -4.88. The normalized spacial score (nSPS) is 25.5. The number of ether oxygens (including phenoxy) is 9. The van der Waals surface area contributed by atoms with E-state index in [4.69, 9.17) is 42.6 Å². The third-order valence-corrected chi connectivity index (χ3v) is 22.4. The summed E-state index contributed by atoms with van der Waals surface area (Å²) < 4.78 is 54.4. The molecule has 0 bridgehead atoms. The average molecular weight is 1400 g/mol. The summed E-state index contributed by atoms with van der Waals surface area (Å²) in [4.78, 5) is 10.4. The predicted octanol–water partition coefficient (Wildman–Crippen LogP) is 15.6. The van der Waals surface area contributed by atoms with Crippen molar-refractivity contribution >= 4 is 48.2 Å². The van der Waals surface area contributed by atoms with Crippen molar-refractivity contribution in [1.29, 1.82) is 0 Å². The SMILES string of the molecule is Brc1ccc(CCO[C@H]2CCCCC2N2CCOCC2)cc1.c1ccc2c(CCO[C@H]3CCCCC3N3CCOCC3)cccc2c1.c1ccc2cc(CCO[C@H]3CCCCC3N3CCOCC3)ccc2c1.c1ccc2cc(OCCO[C@H]3CCCCC3N3CCOCC3)ccc2c1. The summed E-state index contributed by atoms with van der Waals surface area (Å²) in [6, 6.07) is 56.1. The summed E-state index contributed by atoms with van der Waals surface area (Å²) in [7, 11) is 0. The first-order valence-corrected chi connectivity index (χ1v) is 38.9. The van der Waals surface area contributed by atoms with Crippen molar-refractivity contribution < 1.29 is 42.6 Å². The minimum absolute atomic E-state index is 0.335. The van der Waals surface area contributed by atoms with Gasteiger partial charge in [0.25, 0.3) is 0 Å². The molecule has 4 saturated carbocycles. The van der Waals surface area contributed by atoms with Gasteiger partial charge in [-0.1, -0.05) is 195 Å². The summed E-state index contributed by atoms with van der Waals surface area (Å²) in [5.74, 6) is 0.917. The van der Waals surface area contributed by atoms with Crippen LogP contribution in [0, 0.1) is 0 Å². The lowest BCUT2D eigenvalue weighted by Gasteiger charge is -2.41.